The Hall–Kier alpha value is -3.66. The minimum absolute atomic E-state index is 0.101. The third kappa shape index (κ3) is 3.33. The van der Waals surface area contributed by atoms with E-state index in [2.05, 4.69) is 15.3 Å². The van der Waals surface area contributed by atoms with E-state index >= 15 is 0 Å². The fraction of sp³-hybridized carbons (Fsp3) is 0.111. The zero-order valence-corrected chi connectivity index (χ0v) is 13.4. The molecule has 3 aromatic rings. The van der Waals surface area contributed by atoms with Crippen LogP contribution in [0, 0.1) is 11.3 Å². The molecule has 0 aliphatic rings. The highest BCUT2D eigenvalue weighted by molar-refractivity contribution is 5.93. The number of benzene rings is 2. The van der Waals surface area contributed by atoms with Crippen LogP contribution in [0.2, 0.25) is 0 Å². The van der Waals surface area contributed by atoms with Gasteiger partial charge in [0, 0.05) is 6.54 Å². The highest BCUT2D eigenvalue weighted by Gasteiger charge is 2.13. The topological polar surface area (TPSA) is 108 Å². The van der Waals surface area contributed by atoms with Crippen LogP contribution in [-0.2, 0) is 6.54 Å². The number of hydrogen-bond acceptors (Lipinski definition) is 5. The molecule has 0 fully saturated rings. The second-order valence-electron chi connectivity index (χ2n) is 5.26. The largest absolute Gasteiger partial charge is 0.497 e. The molecule has 1 amide bonds. The van der Waals surface area contributed by atoms with Gasteiger partial charge in [0.15, 0.2) is 5.82 Å². The van der Waals surface area contributed by atoms with Gasteiger partial charge in [-0.15, -0.1) is 0 Å². The quantitative estimate of drug-likeness (QED) is 0.755. The lowest BCUT2D eigenvalue weighted by Crippen LogP contribution is -2.27. The number of nitrogens with zero attached hydrogens (tertiary/aromatic N) is 2. The number of fused-ring (bicyclic) bond motifs is 1. The molecule has 7 heteroatoms. The molecule has 0 saturated heterocycles. The minimum atomic E-state index is -0.520. The number of hydrogen-bond donors (Lipinski definition) is 2. The van der Waals surface area contributed by atoms with Crippen molar-refractivity contribution < 1.29 is 9.53 Å². The number of carbonyl (C=O) groups is 1. The van der Waals surface area contributed by atoms with E-state index in [1.165, 1.54) is 6.07 Å². The number of aromatic amines is 1. The van der Waals surface area contributed by atoms with Gasteiger partial charge in [0.1, 0.15) is 11.8 Å². The smallest absolute Gasteiger partial charge is 0.287 e. The van der Waals surface area contributed by atoms with Crippen LogP contribution in [0.15, 0.2) is 47.3 Å². The summed E-state index contributed by atoms with van der Waals surface area (Å²) in [7, 11) is 1.57. The van der Waals surface area contributed by atoms with Crippen LogP contribution in [0.25, 0.3) is 10.9 Å². The Bertz CT molecular complexity index is 1050. The molecule has 1 heterocycles. The van der Waals surface area contributed by atoms with Gasteiger partial charge >= 0.3 is 0 Å². The normalized spacial score (nSPS) is 10.2. The molecule has 25 heavy (non-hydrogen) atoms. The van der Waals surface area contributed by atoms with Gasteiger partial charge in [-0.2, -0.15) is 5.26 Å². The van der Waals surface area contributed by atoms with Crippen molar-refractivity contribution in [2.45, 2.75) is 6.54 Å². The molecule has 0 radical (unpaired) electrons. The Morgan fingerprint density at radius 3 is 2.88 bits per heavy atom. The fourth-order valence-corrected chi connectivity index (χ4v) is 2.44. The highest BCUT2D eigenvalue weighted by atomic mass is 16.5. The van der Waals surface area contributed by atoms with Gasteiger partial charge in [0.05, 0.1) is 23.6 Å². The Kier molecular flexibility index (Phi) is 4.44. The minimum Gasteiger partial charge on any atom is -0.497 e. The predicted octanol–water partition coefficient (Wildman–Crippen LogP) is 1.73. The molecule has 0 unspecified atom stereocenters. The molecule has 0 aliphatic heterocycles. The first-order valence-corrected chi connectivity index (χ1v) is 7.46. The molecule has 1 aromatic heterocycles. The van der Waals surface area contributed by atoms with Crippen molar-refractivity contribution in [2.75, 3.05) is 7.11 Å². The monoisotopic (exact) mass is 334 g/mol. The van der Waals surface area contributed by atoms with E-state index in [0.29, 0.717) is 11.3 Å². The van der Waals surface area contributed by atoms with E-state index in [-0.39, 0.29) is 23.3 Å². The molecule has 0 aliphatic carbocycles. The molecule has 124 valence electrons. The van der Waals surface area contributed by atoms with E-state index in [0.717, 1.165) is 5.56 Å². The summed E-state index contributed by atoms with van der Waals surface area (Å²) in [5, 5.41) is 11.9. The number of ether oxygens (including phenoxy) is 1. The summed E-state index contributed by atoms with van der Waals surface area (Å²) in [5.41, 5.74) is 0.847. The summed E-state index contributed by atoms with van der Waals surface area (Å²) in [6.45, 7) is 0.260. The van der Waals surface area contributed by atoms with E-state index in [4.69, 9.17) is 10.00 Å². The molecule has 2 N–H and O–H groups in total. The number of rotatable bonds is 4. The highest BCUT2D eigenvalue weighted by Crippen LogP contribution is 2.13. The average Bonchev–Trinajstić information content (AvgIpc) is 2.65. The van der Waals surface area contributed by atoms with E-state index in [1.54, 1.807) is 31.4 Å². The molecule has 3 rings (SSSR count). The number of amides is 1. The first-order chi connectivity index (χ1) is 12.1. The molecule has 7 nitrogen and oxygen atoms in total. The van der Waals surface area contributed by atoms with Crippen molar-refractivity contribution >= 4 is 16.8 Å². The molecule has 0 saturated carbocycles. The van der Waals surface area contributed by atoms with Crippen molar-refractivity contribution in [3.63, 3.8) is 0 Å². The summed E-state index contributed by atoms with van der Waals surface area (Å²) in [4.78, 5) is 31.1. The van der Waals surface area contributed by atoms with Gasteiger partial charge in [0.25, 0.3) is 11.5 Å². The van der Waals surface area contributed by atoms with Crippen LogP contribution >= 0.6 is 0 Å². The summed E-state index contributed by atoms with van der Waals surface area (Å²) in [6, 6.07) is 14.0. The summed E-state index contributed by atoms with van der Waals surface area (Å²) in [5.74, 6) is 0.0766. The molecular weight excluding hydrogens is 320 g/mol. The maximum atomic E-state index is 12.3. The number of carbonyl (C=O) groups excluding carboxylic acids is 1. The lowest BCUT2D eigenvalue weighted by Gasteiger charge is -2.07. The first-order valence-electron chi connectivity index (χ1n) is 7.46. The Labute approximate surface area is 142 Å². The van der Waals surface area contributed by atoms with Crippen molar-refractivity contribution in [3.05, 3.63) is 69.8 Å². The van der Waals surface area contributed by atoms with Gasteiger partial charge in [-0.3, -0.25) is 9.59 Å². The average molecular weight is 334 g/mol. The van der Waals surface area contributed by atoms with Crippen LogP contribution in [0.1, 0.15) is 21.7 Å². The Morgan fingerprint density at radius 1 is 1.32 bits per heavy atom. The number of nitrogens with one attached hydrogen (secondary N) is 2. The fourth-order valence-electron chi connectivity index (χ4n) is 2.44. The van der Waals surface area contributed by atoms with Crippen molar-refractivity contribution in [3.8, 4) is 11.8 Å². The van der Waals surface area contributed by atoms with Gasteiger partial charge in [-0.25, -0.2) is 4.98 Å². The van der Waals surface area contributed by atoms with Gasteiger partial charge in [0.2, 0.25) is 0 Å². The SMILES string of the molecule is COc1cccc(CNC(=O)c2nc3cccc(C#N)c3c(=O)[nH]2)c1. The predicted molar refractivity (Wildman–Crippen MR) is 91.2 cm³/mol. The zero-order chi connectivity index (χ0) is 17.8. The number of aromatic nitrogens is 2. The first kappa shape index (κ1) is 16.2. The Morgan fingerprint density at radius 2 is 2.12 bits per heavy atom. The van der Waals surface area contributed by atoms with Crippen LogP contribution in [-0.4, -0.2) is 23.0 Å². The van der Waals surface area contributed by atoms with E-state index in [9.17, 15) is 9.59 Å². The van der Waals surface area contributed by atoms with Crippen LogP contribution < -0.4 is 15.6 Å². The molecule has 0 spiro atoms. The van der Waals surface area contributed by atoms with E-state index in [1.807, 2.05) is 18.2 Å². The van der Waals surface area contributed by atoms with Crippen molar-refractivity contribution in [2.24, 2.45) is 0 Å². The van der Waals surface area contributed by atoms with Crippen molar-refractivity contribution in [1.29, 1.82) is 5.26 Å². The third-order valence-corrected chi connectivity index (χ3v) is 3.66. The summed E-state index contributed by atoms with van der Waals surface area (Å²) < 4.78 is 5.13. The van der Waals surface area contributed by atoms with Gasteiger partial charge in [-0.1, -0.05) is 18.2 Å². The van der Waals surface area contributed by atoms with Crippen LogP contribution in [0.5, 0.6) is 5.75 Å². The van der Waals surface area contributed by atoms with Crippen LogP contribution in [0.3, 0.4) is 0 Å². The van der Waals surface area contributed by atoms with Crippen molar-refractivity contribution in [1.82, 2.24) is 15.3 Å². The lowest BCUT2D eigenvalue weighted by molar-refractivity contribution is 0.0940. The standard InChI is InChI=1S/C18H14N4O3/c1-25-13-6-2-4-11(8-13)10-20-18(24)16-21-14-7-3-5-12(9-19)15(14)17(23)22-16/h2-8H,10H2,1H3,(H,20,24)(H,21,22,23). The number of methoxy groups -OCH3 is 1. The van der Waals surface area contributed by atoms with Gasteiger partial charge in [-0.05, 0) is 29.8 Å². The molecule has 2 aromatic carbocycles. The maximum Gasteiger partial charge on any atom is 0.287 e. The Balaban J connectivity index is 1.85. The summed E-state index contributed by atoms with van der Waals surface area (Å²) >= 11 is 0. The second kappa shape index (κ2) is 6.84. The zero-order valence-electron chi connectivity index (χ0n) is 13.4. The maximum absolute atomic E-state index is 12.3. The van der Waals surface area contributed by atoms with Gasteiger partial charge < -0.3 is 15.0 Å². The second-order valence-corrected chi connectivity index (χ2v) is 5.26. The third-order valence-electron chi connectivity index (χ3n) is 3.66. The number of nitriles is 1. The lowest BCUT2D eigenvalue weighted by atomic mass is 10.1. The van der Waals surface area contributed by atoms with Crippen LogP contribution in [0.4, 0.5) is 0 Å². The molecule has 0 bridgehead atoms. The number of H-pyrrole nitrogens is 1. The molecular formula is C18H14N4O3. The summed E-state index contributed by atoms with van der Waals surface area (Å²) in [6.07, 6.45) is 0. The molecule has 0 atom stereocenters. The van der Waals surface area contributed by atoms with E-state index < -0.39 is 11.5 Å².